The van der Waals surface area contributed by atoms with Crippen molar-refractivity contribution in [1.82, 2.24) is 0 Å². The van der Waals surface area contributed by atoms with Crippen LogP contribution in [0.2, 0.25) is 0 Å². The van der Waals surface area contributed by atoms with E-state index in [0.29, 0.717) is 5.57 Å². The molecule has 1 aliphatic rings. The highest BCUT2D eigenvalue weighted by Gasteiger charge is 2.13. The topological polar surface area (TPSA) is 38.3 Å². The largest absolute Gasteiger partial charge is 0.464 e. The predicted molar refractivity (Wildman–Crippen MR) is 96.4 cm³/mol. The Morgan fingerprint density at radius 2 is 1.96 bits per heavy atom. The number of benzene rings is 2. The predicted octanol–water partition coefficient (Wildman–Crippen LogP) is 4.99. The van der Waals surface area contributed by atoms with E-state index in [0.717, 1.165) is 27.0 Å². The zero-order chi connectivity index (χ0) is 16.4. The lowest BCUT2D eigenvalue weighted by Gasteiger charge is -2.09. The van der Waals surface area contributed by atoms with Crippen LogP contribution in [-0.2, 0) is 4.79 Å². The molecule has 3 nitrogen and oxygen atoms in total. The van der Waals surface area contributed by atoms with Gasteiger partial charge in [0, 0.05) is 21.3 Å². The summed E-state index contributed by atoms with van der Waals surface area (Å²) in [6.07, 6.45) is 5.03. The molecule has 0 atom stereocenters. The number of carbonyl (C=O) groups is 1. The van der Waals surface area contributed by atoms with Gasteiger partial charge in [0.05, 0.1) is 6.26 Å². The van der Waals surface area contributed by atoms with Gasteiger partial charge in [-0.3, -0.25) is 4.79 Å². The molecular weight excluding hydrogens is 354 g/mol. The van der Waals surface area contributed by atoms with Crippen LogP contribution in [0.1, 0.15) is 16.7 Å². The minimum Gasteiger partial charge on any atom is -0.464 e. The van der Waals surface area contributed by atoms with Gasteiger partial charge in [0.2, 0.25) is 0 Å². The molecule has 1 amide bonds. The molecule has 0 fully saturated rings. The maximum atomic E-state index is 12.6. The highest BCUT2D eigenvalue weighted by atomic mass is 79.9. The van der Waals surface area contributed by atoms with Crippen LogP contribution in [0.4, 0.5) is 5.69 Å². The maximum absolute atomic E-state index is 12.6. The molecule has 0 saturated heterocycles. The molecule has 0 bridgehead atoms. The number of fused-ring (bicyclic) bond motifs is 1. The van der Waals surface area contributed by atoms with Crippen molar-refractivity contribution in [3.8, 4) is 5.75 Å². The number of hydrogen-bond acceptors (Lipinski definition) is 2. The summed E-state index contributed by atoms with van der Waals surface area (Å²) in [7, 11) is 0. The third-order valence-corrected chi connectivity index (χ3v) is 4.11. The van der Waals surface area contributed by atoms with Crippen LogP contribution in [0, 0.1) is 13.8 Å². The van der Waals surface area contributed by atoms with Gasteiger partial charge in [0.1, 0.15) is 5.75 Å². The van der Waals surface area contributed by atoms with Crippen molar-refractivity contribution in [3.63, 3.8) is 0 Å². The number of nitrogens with one attached hydrogen (secondary N) is 1. The first-order valence-corrected chi connectivity index (χ1v) is 8.05. The molecular formula is C19H16BrNO2. The van der Waals surface area contributed by atoms with Gasteiger partial charge in [-0.15, -0.1) is 0 Å². The van der Waals surface area contributed by atoms with Crippen LogP contribution >= 0.6 is 15.9 Å². The number of carbonyl (C=O) groups excluding carboxylic acids is 1. The van der Waals surface area contributed by atoms with E-state index < -0.39 is 0 Å². The number of anilines is 1. The Labute approximate surface area is 143 Å². The first-order chi connectivity index (χ1) is 11.0. The Bertz CT molecular complexity index is 837. The highest BCUT2D eigenvalue weighted by molar-refractivity contribution is 9.10. The summed E-state index contributed by atoms with van der Waals surface area (Å²) in [5.74, 6) is 0.559. The van der Waals surface area contributed by atoms with Gasteiger partial charge < -0.3 is 10.1 Å². The molecule has 0 aromatic heterocycles. The zero-order valence-corrected chi connectivity index (χ0v) is 14.5. The fraction of sp³-hybridized carbons (Fsp3) is 0.105. The third kappa shape index (κ3) is 3.54. The molecule has 1 N–H and O–H groups in total. The minimum atomic E-state index is -0.162. The molecule has 2 aromatic carbocycles. The standard InChI is InChI=1S/C19H16BrNO2/c1-12-3-5-17(13(2)9-12)21-19(22)14-7-8-23-18-6-4-16(20)11-15(18)10-14/h3-11H,1-2H3,(H,21,22). The average molecular weight is 370 g/mol. The number of ether oxygens (including phenoxy) is 1. The molecule has 0 unspecified atom stereocenters. The Hall–Kier alpha value is -2.33. The summed E-state index contributed by atoms with van der Waals surface area (Å²) in [5.41, 5.74) is 4.42. The van der Waals surface area contributed by atoms with Crippen molar-refractivity contribution in [1.29, 1.82) is 0 Å². The minimum absolute atomic E-state index is 0.162. The van der Waals surface area contributed by atoms with E-state index in [-0.39, 0.29) is 5.91 Å². The molecule has 2 aromatic rings. The number of hydrogen-bond donors (Lipinski definition) is 1. The summed E-state index contributed by atoms with van der Waals surface area (Å²) in [6.45, 7) is 4.01. The molecule has 0 aliphatic carbocycles. The van der Waals surface area contributed by atoms with Crippen LogP contribution in [0.5, 0.6) is 5.75 Å². The van der Waals surface area contributed by atoms with Gasteiger partial charge in [0.15, 0.2) is 0 Å². The van der Waals surface area contributed by atoms with Gasteiger partial charge in [-0.25, -0.2) is 0 Å². The smallest absolute Gasteiger partial charge is 0.255 e. The van der Waals surface area contributed by atoms with E-state index in [2.05, 4.69) is 21.2 Å². The van der Waals surface area contributed by atoms with E-state index in [9.17, 15) is 4.79 Å². The molecule has 1 aliphatic heterocycles. The van der Waals surface area contributed by atoms with Crippen LogP contribution in [0.15, 0.2) is 58.8 Å². The Balaban J connectivity index is 1.89. The van der Waals surface area contributed by atoms with Gasteiger partial charge in [-0.2, -0.15) is 0 Å². The highest BCUT2D eigenvalue weighted by Crippen LogP contribution is 2.28. The van der Waals surface area contributed by atoms with Gasteiger partial charge in [-0.1, -0.05) is 33.6 Å². The van der Waals surface area contributed by atoms with Crippen molar-refractivity contribution in [2.75, 3.05) is 5.32 Å². The molecule has 1 heterocycles. The number of rotatable bonds is 2. The lowest BCUT2D eigenvalue weighted by molar-refractivity contribution is -0.112. The second-order valence-electron chi connectivity index (χ2n) is 5.47. The van der Waals surface area contributed by atoms with Crippen LogP contribution < -0.4 is 10.1 Å². The molecule has 0 radical (unpaired) electrons. The Kier molecular flexibility index (Phi) is 4.35. The molecule has 0 spiro atoms. The fourth-order valence-electron chi connectivity index (χ4n) is 2.43. The SMILES string of the molecule is Cc1ccc(NC(=O)C2=Cc3cc(Br)ccc3OC=C2)c(C)c1. The second-order valence-corrected chi connectivity index (χ2v) is 6.39. The first-order valence-electron chi connectivity index (χ1n) is 7.26. The van der Waals surface area contributed by atoms with Crippen molar-refractivity contribution < 1.29 is 9.53 Å². The quantitative estimate of drug-likeness (QED) is 0.809. The van der Waals surface area contributed by atoms with Crippen molar-refractivity contribution in [2.24, 2.45) is 0 Å². The van der Waals surface area contributed by atoms with E-state index >= 15 is 0 Å². The van der Waals surface area contributed by atoms with Crippen molar-refractivity contribution >= 4 is 33.6 Å². The normalized spacial score (nSPS) is 12.7. The van der Waals surface area contributed by atoms with Gasteiger partial charge in [-0.05, 0) is 55.8 Å². The zero-order valence-electron chi connectivity index (χ0n) is 12.9. The van der Waals surface area contributed by atoms with Gasteiger partial charge >= 0.3 is 0 Å². The number of aryl methyl sites for hydroxylation is 2. The van der Waals surface area contributed by atoms with Crippen LogP contribution in [0.3, 0.4) is 0 Å². The average Bonchev–Trinajstić information content (AvgIpc) is 2.71. The first kappa shape index (κ1) is 15.6. The number of amides is 1. The summed E-state index contributed by atoms with van der Waals surface area (Å²) in [6, 6.07) is 11.6. The van der Waals surface area contributed by atoms with Crippen molar-refractivity contribution in [2.45, 2.75) is 13.8 Å². The molecule has 0 saturated carbocycles. The molecule has 23 heavy (non-hydrogen) atoms. The summed E-state index contributed by atoms with van der Waals surface area (Å²) in [4.78, 5) is 12.6. The summed E-state index contributed by atoms with van der Waals surface area (Å²) >= 11 is 3.44. The van der Waals surface area contributed by atoms with E-state index in [1.165, 1.54) is 11.8 Å². The molecule has 3 rings (SSSR count). The third-order valence-electron chi connectivity index (χ3n) is 3.62. The lowest BCUT2D eigenvalue weighted by Crippen LogP contribution is -2.14. The lowest BCUT2D eigenvalue weighted by atomic mass is 10.1. The summed E-state index contributed by atoms with van der Waals surface area (Å²) < 4.78 is 6.48. The fourth-order valence-corrected chi connectivity index (χ4v) is 2.80. The van der Waals surface area contributed by atoms with Gasteiger partial charge in [0.25, 0.3) is 5.91 Å². The van der Waals surface area contributed by atoms with Crippen LogP contribution in [-0.4, -0.2) is 5.91 Å². The summed E-state index contributed by atoms with van der Waals surface area (Å²) in [5, 5.41) is 2.95. The molecule has 4 heteroatoms. The van der Waals surface area contributed by atoms with E-state index in [1.54, 1.807) is 6.08 Å². The van der Waals surface area contributed by atoms with Crippen LogP contribution in [0.25, 0.3) is 6.08 Å². The second kappa shape index (κ2) is 6.42. The monoisotopic (exact) mass is 369 g/mol. The van der Waals surface area contributed by atoms with E-state index in [4.69, 9.17) is 4.74 Å². The maximum Gasteiger partial charge on any atom is 0.255 e. The Morgan fingerprint density at radius 1 is 1.13 bits per heavy atom. The Morgan fingerprint density at radius 3 is 2.74 bits per heavy atom. The van der Waals surface area contributed by atoms with E-state index in [1.807, 2.05) is 56.3 Å². The molecule has 116 valence electrons. The number of halogens is 1. The van der Waals surface area contributed by atoms with Crippen molar-refractivity contribution in [3.05, 3.63) is 75.5 Å².